The Labute approximate surface area is 99.9 Å². The highest BCUT2D eigenvalue weighted by Gasteiger charge is 2.12. The quantitative estimate of drug-likeness (QED) is 0.630. The first-order chi connectivity index (χ1) is 6.59. The van der Waals surface area contributed by atoms with Crippen LogP contribution in [0.2, 0.25) is 0 Å². The first-order valence-corrected chi connectivity index (χ1v) is 5.57. The maximum atomic E-state index is 2.38. The van der Waals surface area contributed by atoms with Crippen LogP contribution in [-0.2, 0) is 13.0 Å². The van der Waals surface area contributed by atoms with E-state index in [-0.39, 0.29) is 12.4 Å². The summed E-state index contributed by atoms with van der Waals surface area (Å²) in [6, 6.07) is 6.49. The van der Waals surface area contributed by atoms with Crippen LogP contribution in [-0.4, -0.2) is 0 Å². The molecule has 0 aliphatic heterocycles. The first-order valence-electron chi connectivity index (χ1n) is 5.57. The minimum Gasteiger partial charge on any atom is -1.00 e. The molecule has 15 heavy (non-hydrogen) atoms. The summed E-state index contributed by atoms with van der Waals surface area (Å²) in [4.78, 5) is 0. The topological polar surface area (TPSA) is 3.88 Å². The molecule has 1 aromatic rings. The van der Waals surface area contributed by atoms with E-state index in [0.29, 0.717) is 5.92 Å². The third-order valence-corrected chi connectivity index (χ3v) is 2.21. The molecule has 0 radical (unpaired) electrons. The molecule has 0 fully saturated rings. The third kappa shape index (κ3) is 5.17. The number of rotatable bonds is 4. The molecule has 1 nitrogen and oxygen atoms in total. The fraction of sp³-hybridized carbons (Fsp3) is 0.615. The van der Waals surface area contributed by atoms with Crippen LogP contribution >= 0.6 is 0 Å². The zero-order chi connectivity index (χ0) is 10.6. The third-order valence-electron chi connectivity index (χ3n) is 2.21. The van der Waals surface area contributed by atoms with Gasteiger partial charge < -0.3 is 12.4 Å². The summed E-state index contributed by atoms with van der Waals surface area (Å²) in [5, 5.41) is 0. The van der Waals surface area contributed by atoms with Crippen LogP contribution in [0.15, 0.2) is 24.4 Å². The number of hydrogen-bond acceptors (Lipinski definition) is 0. The Bertz CT molecular complexity index is 253. The lowest BCUT2D eigenvalue weighted by molar-refractivity contribution is -0.709. The molecule has 1 rings (SSSR count). The first kappa shape index (κ1) is 14.4. The highest BCUT2D eigenvalue weighted by atomic mass is 35.5. The van der Waals surface area contributed by atoms with Crippen molar-refractivity contribution in [1.29, 1.82) is 0 Å². The maximum Gasteiger partial charge on any atom is 0.181 e. The van der Waals surface area contributed by atoms with Gasteiger partial charge >= 0.3 is 0 Å². The van der Waals surface area contributed by atoms with Gasteiger partial charge in [0.05, 0.1) is 0 Å². The largest absolute Gasteiger partial charge is 1.00 e. The summed E-state index contributed by atoms with van der Waals surface area (Å²) in [6.45, 7) is 10.2. The molecule has 0 amide bonds. The molecule has 0 aliphatic carbocycles. The van der Waals surface area contributed by atoms with Crippen LogP contribution in [0, 0.1) is 11.8 Å². The van der Waals surface area contributed by atoms with Crippen molar-refractivity contribution in [3.05, 3.63) is 30.1 Å². The lowest BCUT2D eigenvalue weighted by atomic mass is 10.1. The normalized spacial score (nSPS) is 10.5. The lowest BCUT2D eigenvalue weighted by Gasteiger charge is -2.07. The summed E-state index contributed by atoms with van der Waals surface area (Å²) >= 11 is 0. The second kappa shape index (κ2) is 6.84. The van der Waals surface area contributed by atoms with Gasteiger partial charge in [-0.05, 0) is 5.92 Å². The van der Waals surface area contributed by atoms with Crippen LogP contribution in [0.25, 0.3) is 0 Å². The average molecular weight is 228 g/mol. The molecule has 0 unspecified atom stereocenters. The molecule has 0 aliphatic rings. The molecule has 1 aromatic heterocycles. The van der Waals surface area contributed by atoms with Crippen molar-refractivity contribution in [3.63, 3.8) is 0 Å². The van der Waals surface area contributed by atoms with E-state index in [2.05, 4.69) is 56.7 Å². The van der Waals surface area contributed by atoms with E-state index in [4.69, 9.17) is 0 Å². The zero-order valence-corrected chi connectivity index (χ0v) is 11.0. The summed E-state index contributed by atoms with van der Waals surface area (Å²) in [5.74, 6) is 1.45. The van der Waals surface area contributed by atoms with Crippen LogP contribution in [0.4, 0.5) is 0 Å². The van der Waals surface area contributed by atoms with Gasteiger partial charge in [0.2, 0.25) is 0 Å². The molecule has 2 heteroatoms. The molecule has 0 bridgehead atoms. The number of aromatic nitrogens is 1. The minimum atomic E-state index is 0. The van der Waals surface area contributed by atoms with Gasteiger partial charge in [-0.3, -0.25) is 0 Å². The van der Waals surface area contributed by atoms with E-state index in [1.807, 2.05) is 0 Å². The molecule has 0 aromatic carbocycles. The Hall–Kier alpha value is -0.560. The molecular formula is C13H22ClN. The van der Waals surface area contributed by atoms with E-state index < -0.39 is 0 Å². The van der Waals surface area contributed by atoms with Crippen molar-refractivity contribution in [3.8, 4) is 0 Å². The Balaban J connectivity index is 0.00000196. The average Bonchev–Trinajstić information content (AvgIpc) is 2.06. The highest BCUT2D eigenvalue weighted by Crippen LogP contribution is 2.04. The monoisotopic (exact) mass is 227 g/mol. The summed E-state index contributed by atoms with van der Waals surface area (Å²) in [6.07, 6.45) is 3.37. The van der Waals surface area contributed by atoms with Crippen LogP contribution < -0.4 is 17.0 Å². The minimum absolute atomic E-state index is 0. The van der Waals surface area contributed by atoms with Gasteiger partial charge in [-0.1, -0.05) is 33.8 Å². The molecule has 0 atom stereocenters. The predicted octanol–water partition coefficient (Wildman–Crippen LogP) is -0.167. The summed E-state index contributed by atoms with van der Waals surface area (Å²) in [7, 11) is 0. The molecule has 86 valence electrons. The van der Waals surface area contributed by atoms with Crippen LogP contribution in [0.5, 0.6) is 0 Å². The fourth-order valence-electron chi connectivity index (χ4n) is 1.69. The van der Waals surface area contributed by atoms with E-state index in [9.17, 15) is 0 Å². The SMILES string of the molecule is CC(C)Cc1cccc[n+]1CC(C)C.[Cl-]. The predicted molar refractivity (Wildman–Crippen MR) is 60.0 cm³/mol. The van der Waals surface area contributed by atoms with Gasteiger partial charge in [0.15, 0.2) is 18.4 Å². The number of nitrogens with zero attached hydrogens (tertiary/aromatic N) is 1. The van der Waals surface area contributed by atoms with Crippen molar-refractivity contribution in [2.75, 3.05) is 0 Å². The van der Waals surface area contributed by atoms with Gasteiger partial charge in [-0.15, -0.1) is 0 Å². The Morgan fingerprint density at radius 2 is 1.73 bits per heavy atom. The summed E-state index contributed by atoms with van der Waals surface area (Å²) in [5.41, 5.74) is 1.45. The molecule has 0 spiro atoms. The van der Waals surface area contributed by atoms with Crippen molar-refractivity contribution >= 4 is 0 Å². The van der Waals surface area contributed by atoms with Crippen molar-refractivity contribution < 1.29 is 17.0 Å². The van der Waals surface area contributed by atoms with Crippen LogP contribution in [0.1, 0.15) is 33.4 Å². The second-order valence-electron chi connectivity index (χ2n) is 4.84. The number of halogens is 1. The van der Waals surface area contributed by atoms with E-state index in [1.165, 1.54) is 12.1 Å². The van der Waals surface area contributed by atoms with Gasteiger partial charge in [0.25, 0.3) is 0 Å². The Kier molecular flexibility index (Phi) is 6.58. The van der Waals surface area contributed by atoms with Crippen molar-refractivity contribution in [2.24, 2.45) is 11.8 Å². The van der Waals surface area contributed by atoms with Gasteiger partial charge in [-0.2, -0.15) is 0 Å². The van der Waals surface area contributed by atoms with E-state index >= 15 is 0 Å². The van der Waals surface area contributed by atoms with Crippen molar-refractivity contribution in [2.45, 2.75) is 40.7 Å². The Morgan fingerprint density at radius 3 is 2.27 bits per heavy atom. The lowest BCUT2D eigenvalue weighted by Crippen LogP contribution is -3.00. The summed E-state index contributed by atoms with van der Waals surface area (Å²) < 4.78 is 2.38. The Morgan fingerprint density at radius 1 is 1.07 bits per heavy atom. The number of hydrogen-bond donors (Lipinski definition) is 0. The fourth-order valence-corrected chi connectivity index (χ4v) is 1.69. The zero-order valence-electron chi connectivity index (χ0n) is 10.2. The molecule has 0 saturated heterocycles. The van der Waals surface area contributed by atoms with Crippen LogP contribution in [0.3, 0.4) is 0 Å². The number of pyridine rings is 1. The van der Waals surface area contributed by atoms with E-state index in [1.54, 1.807) is 0 Å². The van der Waals surface area contributed by atoms with Gasteiger partial charge in [0.1, 0.15) is 0 Å². The molecular weight excluding hydrogens is 206 g/mol. The van der Waals surface area contributed by atoms with E-state index in [0.717, 1.165) is 12.5 Å². The highest BCUT2D eigenvalue weighted by molar-refractivity contribution is 4.97. The maximum absolute atomic E-state index is 2.38. The van der Waals surface area contributed by atoms with Gasteiger partial charge in [-0.25, -0.2) is 4.57 Å². The molecule has 0 N–H and O–H groups in total. The molecule has 1 heterocycles. The second-order valence-corrected chi connectivity index (χ2v) is 4.84. The van der Waals surface area contributed by atoms with Crippen molar-refractivity contribution in [1.82, 2.24) is 0 Å². The molecule has 0 saturated carbocycles. The smallest absolute Gasteiger partial charge is 0.181 e. The van der Waals surface area contributed by atoms with Gasteiger partial charge in [0, 0.05) is 24.5 Å². The standard InChI is InChI=1S/C13H22N.ClH/c1-11(2)9-13-7-5-6-8-14(13)10-12(3)4;/h5-8,11-12H,9-10H2,1-4H3;1H/q+1;/p-1.